The molecule has 0 radical (unpaired) electrons. The summed E-state index contributed by atoms with van der Waals surface area (Å²) in [5, 5.41) is 8.62. The molecule has 3 aromatic rings. The predicted octanol–water partition coefficient (Wildman–Crippen LogP) is 7.14. The van der Waals surface area contributed by atoms with Crippen LogP contribution in [0, 0.1) is 10.4 Å². The molecular weight excluding hydrogens is 372 g/mol. The van der Waals surface area contributed by atoms with Gasteiger partial charge in [-0.3, -0.25) is 0 Å². The van der Waals surface area contributed by atoms with E-state index in [4.69, 9.17) is 0 Å². The molecule has 0 unspecified atom stereocenters. The van der Waals surface area contributed by atoms with Gasteiger partial charge in [-0.05, 0) is 86.5 Å². The average molecular weight is 405 g/mol. The average Bonchev–Trinajstić information content (AvgIpc) is 3.47. The molecule has 0 N–H and O–H groups in total. The minimum Gasteiger partial charge on any atom is -0.0801 e. The van der Waals surface area contributed by atoms with Gasteiger partial charge in [0, 0.05) is 0 Å². The van der Waals surface area contributed by atoms with Crippen molar-refractivity contribution in [2.24, 2.45) is 0 Å². The summed E-state index contributed by atoms with van der Waals surface area (Å²) in [6.45, 7) is 4.63. The summed E-state index contributed by atoms with van der Waals surface area (Å²) in [6.07, 6.45) is 17.8. The Bertz CT molecular complexity index is 1400. The number of hydrogen-bond donors (Lipinski definition) is 0. The number of rotatable bonds is 7. The van der Waals surface area contributed by atoms with Gasteiger partial charge in [-0.15, -0.1) is 0 Å². The van der Waals surface area contributed by atoms with E-state index in [1.807, 2.05) is 0 Å². The molecular formula is C31H32. The van der Waals surface area contributed by atoms with Gasteiger partial charge in [0.25, 0.3) is 0 Å². The SMILES string of the molecule is CCCCC(CCCC)=c1c(C2=CC=CC2)c2ccccc2c2c1=c1ccccc1=C2. The predicted molar refractivity (Wildman–Crippen MR) is 135 cm³/mol. The first kappa shape index (κ1) is 20.1. The van der Waals surface area contributed by atoms with E-state index in [1.54, 1.807) is 10.8 Å². The van der Waals surface area contributed by atoms with E-state index in [9.17, 15) is 0 Å². The van der Waals surface area contributed by atoms with Crippen molar-refractivity contribution < 1.29 is 0 Å². The highest BCUT2D eigenvalue weighted by atomic mass is 14.2. The van der Waals surface area contributed by atoms with Gasteiger partial charge in [0.1, 0.15) is 0 Å². The third-order valence-corrected chi connectivity index (χ3v) is 6.90. The van der Waals surface area contributed by atoms with Crippen molar-refractivity contribution in [3.8, 4) is 0 Å². The molecule has 3 aromatic carbocycles. The summed E-state index contributed by atoms with van der Waals surface area (Å²) in [5.74, 6) is 0. The molecule has 0 atom stereocenters. The van der Waals surface area contributed by atoms with Crippen molar-refractivity contribution in [3.05, 3.63) is 98.8 Å². The Labute approximate surface area is 185 Å². The molecule has 31 heavy (non-hydrogen) atoms. The Morgan fingerprint density at radius 1 is 0.839 bits per heavy atom. The van der Waals surface area contributed by atoms with Gasteiger partial charge in [-0.2, -0.15) is 0 Å². The van der Waals surface area contributed by atoms with E-state index in [0.29, 0.717) is 0 Å². The maximum atomic E-state index is 2.43. The molecule has 0 spiro atoms. The molecule has 156 valence electrons. The van der Waals surface area contributed by atoms with E-state index in [1.165, 1.54) is 81.7 Å². The molecule has 0 heteroatoms. The Morgan fingerprint density at radius 2 is 1.55 bits per heavy atom. The van der Waals surface area contributed by atoms with E-state index in [0.717, 1.165) is 6.42 Å². The van der Waals surface area contributed by atoms with Gasteiger partial charge in [0.2, 0.25) is 0 Å². The van der Waals surface area contributed by atoms with Gasteiger partial charge in [0.15, 0.2) is 0 Å². The third-order valence-electron chi connectivity index (χ3n) is 6.90. The number of allylic oxidation sites excluding steroid dienone is 4. The van der Waals surface area contributed by atoms with Crippen LogP contribution >= 0.6 is 0 Å². The fourth-order valence-corrected chi connectivity index (χ4v) is 5.38. The van der Waals surface area contributed by atoms with Crippen LogP contribution in [-0.4, -0.2) is 0 Å². The van der Waals surface area contributed by atoms with Crippen LogP contribution in [0.1, 0.15) is 69.9 Å². The van der Waals surface area contributed by atoms with E-state index < -0.39 is 0 Å². The second-order valence-corrected chi connectivity index (χ2v) is 8.95. The molecule has 2 aliphatic rings. The van der Waals surface area contributed by atoms with Gasteiger partial charge in [-0.1, -0.05) is 99.0 Å². The molecule has 0 aromatic heterocycles. The zero-order valence-corrected chi connectivity index (χ0v) is 18.9. The lowest BCUT2D eigenvalue weighted by atomic mass is 9.87. The van der Waals surface area contributed by atoms with Crippen molar-refractivity contribution in [2.75, 3.05) is 0 Å². The molecule has 0 bridgehead atoms. The highest BCUT2D eigenvalue weighted by molar-refractivity contribution is 6.00. The van der Waals surface area contributed by atoms with Gasteiger partial charge < -0.3 is 0 Å². The maximum Gasteiger partial charge on any atom is -0.00205 e. The van der Waals surface area contributed by atoms with E-state index in [2.05, 4.69) is 86.7 Å². The smallest absolute Gasteiger partial charge is 0.00205 e. The monoisotopic (exact) mass is 404 g/mol. The Kier molecular flexibility index (Phi) is 5.64. The molecule has 0 amide bonds. The lowest BCUT2D eigenvalue weighted by Crippen LogP contribution is -2.18. The Balaban J connectivity index is 2.04. The zero-order chi connectivity index (χ0) is 21.2. The molecule has 5 rings (SSSR count). The number of hydrogen-bond acceptors (Lipinski definition) is 0. The number of benzene rings is 3. The molecule has 2 aliphatic carbocycles. The van der Waals surface area contributed by atoms with Crippen molar-refractivity contribution in [1.82, 2.24) is 0 Å². The zero-order valence-electron chi connectivity index (χ0n) is 18.9. The second kappa shape index (κ2) is 8.71. The van der Waals surface area contributed by atoms with Gasteiger partial charge >= 0.3 is 0 Å². The normalized spacial score (nSPS) is 13.8. The molecule has 0 fully saturated rings. The van der Waals surface area contributed by atoms with Gasteiger partial charge in [-0.25, -0.2) is 0 Å². The summed E-state index contributed by atoms with van der Waals surface area (Å²) in [5.41, 5.74) is 6.06. The first-order valence-electron chi connectivity index (χ1n) is 12.1. The lowest BCUT2D eigenvalue weighted by Gasteiger charge is -2.17. The maximum absolute atomic E-state index is 2.43. The van der Waals surface area contributed by atoms with Crippen LogP contribution in [0.2, 0.25) is 0 Å². The van der Waals surface area contributed by atoms with Crippen LogP contribution in [-0.2, 0) is 0 Å². The number of unbranched alkanes of at least 4 members (excludes halogenated alkanes) is 2. The number of fused-ring (bicyclic) bond motifs is 4. The quantitative estimate of drug-likeness (QED) is 0.307. The third kappa shape index (κ3) is 3.49. The van der Waals surface area contributed by atoms with Gasteiger partial charge in [0.05, 0.1) is 0 Å². The van der Waals surface area contributed by atoms with Crippen LogP contribution in [0.5, 0.6) is 0 Å². The van der Waals surface area contributed by atoms with E-state index in [-0.39, 0.29) is 0 Å². The molecule has 0 heterocycles. The van der Waals surface area contributed by atoms with Crippen LogP contribution in [0.25, 0.3) is 28.0 Å². The second-order valence-electron chi connectivity index (χ2n) is 8.95. The summed E-state index contributed by atoms with van der Waals surface area (Å²) < 4.78 is 0. The van der Waals surface area contributed by atoms with Crippen molar-refractivity contribution in [2.45, 2.75) is 58.8 Å². The van der Waals surface area contributed by atoms with Crippen LogP contribution in [0.3, 0.4) is 0 Å². The highest BCUT2D eigenvalue weighted by Gasteiger charge is 2.18. The minimum atomic E-state index is 1.04. The minimum absolute atomic E-state index is 1.04. The topological polar surface area (TPSA) is 0 Å². The fourth-order valence-electron chi connectivity index (χ4n) is 5.38. The summed E-state index contributed by atoms with van der Waals surface area (Å²) in [7, 11) is 0. The largest absolute Gasteiger partial charge is 0.0801 e. The van der Waals surface area contributed by atoms with Crippen LogP contribution in [0.15, 0.2) is 66.8 Å². The lowest BCUT2D eigenvalue weighted by molar-refractivity contribution is 0.761. The van der Waals surface area contributed by atoms with E-state index >= 15 is 0 Å². The Morgan fingerprint density at radius 3 is 2.26 bits per heavy atom. The molecule has 0 saturated carbocycles. The molecule has 0 nitrogen and oxygen atoms in total. The van der Waals surface area contributed by atoms with Crippen molar-refractivity contribution in [1.29, 1.82) is 0 Å². The molecule has 0 saturated heterocycles. The van der Waals surface area contributed by atoms with Crippen molar-refractivity contribution >= 4 is 28.0 Å². The van der Waals surface area contributed by atoms with Crippen LogP contribution < -0.4 is 10.4 Å². The van der Waals surface area contributed by atoms with Crippen LogP contribution in [0.4, 0.5) is 0 Å². The summed E-state index contributed by atoms with van der Waals surface area (Å²) in [6, 6.07) is 18.1. The van der Waals surface area contributed by atoms with Crippen molar-refractivity contribution in [3.63, 3.8) is 0 Å². The highest BCUT2D eigenvalue weighted by Crippen LogP contribution is 2.32. The first-order valence-corrected chi connectivity index (χ1v) is 12.1. The fraction of sp³-hybridized carbons (Fsp3) is 0.290. The first-order chi connectivity index (χ1) is 15.3. The summed E-state index contributed by atoms with van der Waals surface area (Å²) in [4.78, 5) is 0. The Hall–Kier alpha value is -2.86. The molecule has 0 aliphatic heterocycles. The standard InChI is InChI=1S/C31H32/c1-3-5-13-23(14-6-4-2)30-29(22-15-7-8-16-22)27-20-12-11-19-26(27)28-21-24-17-9-10-18-25(24)31(28)30/h7-12,15,17-21H,3-6,13-14,16H2,1-2H3. The summed E-state index contributed by atoms with van der Waals surface area (Å²) >= 11 is 0.